The zero-order valence-electron chi connectivity index (χ0n) is 13.1. The average Bonchev–Trinajstić information content (AvgIpc) is 2.60. The van der Waals surface area contributed by atoms with Gasteiger partial charge in [-0.05, 0) is 30.3 Å². The smallest absolute Gasteiger partial charge is 0.203 e. The summed E-state index contributed by atoms with van der Waals surface area (Å²) in [6.45, 7) is 0. The Bertz CT molecular complexity index is 864. The first-order valence-corrected chi connectivity index (χ1v) is 7.03. The Morgan fingerprint density at radius 2 is 1.70 bits per heavy atom. The summed E-state index contributed by atoms with van der Waals surface area (Å²) in [5, 5.41) is 0.460. The molecule has 0 N–H and O–H groups in total. The number of hydrogen-bond donors (Lipinski definition) is 0. The molecule has 0 radical (unpaired) electrons. The molecule has 0 aliphatic carbocycles. The van der Waals surface area contributed by atoms with Crippen molar-refractivity contribution in [2.24, 2.45) is 0 Å². The molecule has 0 spiro atoms. The summed E-state index contributed by atoms with van der Waals surface area (Å²) in [7, 11) is 4.65. The second kappa shape index (κ2) is 6.12. The molecule has 1 heterocycles. The van der Waals surface area contributed by atoms with Gasteiger partial charge in [0.2, 0.25) is 5.75 Å². The summed E-state index contributed by atoms with van der Waals surface area (Å²) in [6, 6.07) is 10.2. The van der Waals surface area contributed by atoms with Crippen LogP contribution in [0.2, 0.25) is 0 Å². The lowest BCUT2D eigenvalue weighted by Gasteiger charge is -2.16. The lowest BCUT2D eigenvalue weighted by Crippen LogP contribution is -1.97. The van der Waals surface area contributed by atoms with Crippen LogP contribution in [-0.4, -0.2) is 26.3 Å². The number of nitrogens with zero attached hydrogens (tertiary/aromatic N) is 1. The number of ether oxygens (including phenoxy) is 3. The number of aromatic nitrogens is 1. The number of halogens is 1. The molecule has 3 aromatic rings. The van der Waals surface area contributed by atoms with Crippen LogP contribution in [0.25, 0.3) is 22.0 Å². The molecule has 0 aliphatic rings. The van der Waals surface area contributed by atoms with Crippen molar-refractivity contribution in [1.82, 2.24) is 4.98 Å². The van der Waals surface area contributed by atoms with Crippen molar-refractivity contribution in [3.63, 3.8) is 0 Å². The minimum atomic E-state index is -0.309. The Kier molecular flexibility index (Phi) is 4.02. The number of benzene rings is 2. The van der Waals surface area contributed by atoms with Crippen LogP contribution in [0.5, 0.6) is 17.2 Å². The van der Waals surface area contributed by atoms with E-state index in [1.54, 1.807) is 51.8 Å². The SMILES string of the molecule is COc1ccc(-c2cnc3cccc(F)c3c2)c(OC)c1OC. The Balaban J connectivity index is 2.24. The average molecular weight is 313 g/mol. The molecule has 5 heteroatoms. The van der Waals surface area contributed by atoms with Gasteiger partial charge < -0.3 is 14.2 Å². The van der Waals surface area contributed by atoms with E-state index < -0.39 is 0 Å². The number of fused-ring (bicyclic) bond motifs is 1. The van der Waals surface area contributed by atoms with Crippen molar-refractivity contribution in [2.45, 2.75) is 0 Å². The van der Waals surface area contributed by atoms with Gasteiger partial charge in [-0.15, -0.1) is 0 Å². The lowest BCUT2D eigenvalue weighted by atomic mass is 10.0. The summed E-state index contributed by atoms with van der Waals surface area (Å²) in [5.41, 5.74) is 2.09. The Morgan fingerprint density at radius 1 is 0.913 bits per heavy atom. The molecule has 0 bridgehead atoms. The zero-order valence-corrected chi connectivity index (χ0v) is 13.1. The van der Waals surface area contributed by atoms with Crippen LogP contribution in [-0.2, 0) is 0 Å². The van der Waals surface area contributed by atoms with Crippen molar-refractivity contribution in [3.05, 3.63) is 48.4 Å². The van der Waals surface area contributed by atoms with Crippen LogP contribution < -0.4 is 14.2 Å². The molecule has 0 aliphatic heterocycles. The first kappa shape index (κ1) is 15.1. The van der Waals surface area contributed by atoms with Crippen molar-refractivity contribution in [1.29, 1.82) is 0 Å². The Labute approximate surface area is 133 Å². The first-order valence-electron chi connectivity index (χ1n) is 7.03. The van der Waals surface area contributed by atoms with E-state index in [1.807, 2.05) is 6.07 Å². The molecule has 118 valence electrons. The van der Waals surface area contributed by atoms with Crippen LogP contribution in [0.1, 0.15) is 0 Å². The van der Waals surface area contributed by atoms with Gasteiger partial charge in [-0.25, -0.2) is 4.39 Å². The predicted octanol–water partition coefficient (Wildman–Crippen LogP) is 4.07. The minimum absolute atomic E-state index is 0.309. The monoisotopic (exact) mass is 313 g/mol. The molecule has 3 rings (SSSR count). The van der Waals surface area contributed by atoms with Crippen LogP contribution in [0.3, 0.4) is 0 Å². The summed E-state index contributed by atoms with van der Waals surface area (Å²) >= 11 is 0. The van der Waals surface area contributed by atoms with Gasteiger partial charge in [0.25, 0.3) is 0 Å². The second-order valence-electron chi connectivity index (χ2n) is 4.91. The van der Waals surface area contributed by atoms with E-state index in [0.717, 1.165) is 11.1 Å². The standard InChI is InChI=1S/C18H16FNO3/c1-21-16-8-7-12(17(22-2)18(16)23-3)11-9-13-14(19)5-4-6-15(13)20-10-11/h4-10H,1-3H3. The van der Waals surface area contributed by atoms with Crippen LogP contribution >= 0.6 is 0 Å². The molecule has 2 aromatic carbocycles. The van der Waals surface area contributed by atoms with E-state index in [-0.39, 0.29) is 5.82 Å². The molecular formula is C18H16FNO3. The quantitative estimate of drug-likeness (QED) is 0.728. The summed E-state index contributed by atoms with van der Waals surface area (Å²) in [5.74, 6) is 1.26. The van der Waals surface area contributed by atoms with Gasteiger partial charge in [-0.2, -0.15) is 0 Å². The normalized spacial score (nSPS) is 10.6. The molecule has 0 unspecified atom stereocenters. The molecule has 4 nitrogen and oxygen atoms in total. The fourth-order valence-corrected chi connectivity index (χ4v) is 2.59. The van der Waals surface area contributed by atoms with Gasteiger partial charge in [-0.1, -0.05) is 6.07 Å². The van der Waals surface area contributed by atoms with Crippen molar-refractivity contribution >= 4 is 10.9 Å². The first-order chi connectivity index (χ1) is 11.2. The largest absolute Gasteiger partial charge is 0.493 e. The molecule has 0 amide bonds. The van der Waals surface area contributed by atoms with Gasteiger partial charge in [0.05, 0.1) is 26.8 Å². The molecule has 1 aromatic heterocycles. The van der Waals surface area contributed by atoms with Gasteiger partial charge >= 0.3 is 0 Å². The van der Waals surface area contributed by atoms with Crippen LogP contribution in [0.4, 0.5) is 4.39 Å². The summed E-state index contributed by atoms with van der Waals surface area (Å²) in [6.07, 6.45) is 1.69. The van der Waals surface area contributed by atoms with E-state index in [0.29, 0.717) is 28.2 Å². The fourth-order valence-electron chi connectivity index (χ4n) is 2.59. The third-order valence-corrected chi connectivity index (χ3v) is 3.69. The molecule has 0 saturated carbocycles. The van der Waals surface area contributed by atoms with E-state index in [4.69, 9.17) is 14.2 Å². The van der Waals surface area contributed by atoms with Crippen molar-refractivity contribution in [3.8, 4) is 28.4 Å². The van der Waals surface area contributed by atoms with E-state index in [9.17, 15) is 4.39 Å². The van der Waals surface area contributed by atoms with Crippen LogP contribution in [0, 0.1) is 5.82 Å². The summed E-state index contributed by atoms with van der Waals surface area (Å²) < 4.78 is 30.2. The highest BCUT2D eigenvalue weighted by molar-refractivity contribution is 5.86. The van der Waals surface area contributed by atoms with Crippen LogP contribution in [0.15, 0.2) is 42.6 Å². The van der Waals surface area contributed by atoms with Gasteiger partial charge in [0, 0.05) is 22.7 Å². The maximum Gasteiger partial charge on any atom is 0.203 e. The third kappa shape index (κ3) is 2.54. The number of methoxy groups -OCH3 is 3. The molecule has 0 atom stereocenters. The van der Waals surface area contributed by atoms with Gasteiger partial charge in [0.15, 0.2) is 11.5 Å². The Hall–Kier alpha value is -2.82. The molecule has 23 heavy (non-hydrogen) atoms. The fraction of sp³-hybridized carbons (Fsp3) is 0.167. The maximum atomic E-state index is 14.0. The highest BCUT2D eigenvalue weighted by atomic mass is 19.1. The van der Waals surface area contributed by atoms with E-state index in [1.165, 1.54) is 6.07 Å². The topological polar surface area (TPSA) is 40.6 Å². The molecule has 0 saturated heterocycles. The van der Waals surface area contributed by atoms with Crippen molar-refractivity contribution < 1.29 is 18.6 Å². The predicted molar refractivity (Wildman–Crippen MR) is 86.8 cm³/mol. The van der Waals surface area contributed by atoms with Gasteiger partial charge in [0.1, 0.15) is 5.82 Å². The highest BCUT2D eigenvalue weighted by Gasteiger charge is 2.17. The molecule has 0 fully saturated rings. The Morgan fingerprint density at radius 3 is 2.39 bits per heavy atom. The highest BCUT2D eigenvalue weighted by Crippen LogP contribution is 2.44. The van der Waals surface area contributed by atoms with Gasteiger partial charge in [-0.3, -0.25) is 4.98 Å². The van der Waals surface area contributed by atoms with E-state index >= 15 is 0 Å². The maximum absolute atomic E-state index is 14.0. The van der Waals surface area contributed by atoms with Crippen molar-refractivity contribution in [2.75, 3.05) is 21.3 Å². The number of hydrogen-bond acceptors (Lipinski definition) is 4. The summed E-state index contributed by atoms with van der Waals surface area (Å²) in [4.78, 5) is 4.32. The third-order valence-electron chi connectivity index (χ3n) is 3.69. The van der Waals surface area contributed by atoms with E-state index in [2.05, 4.69) is 4.98 Å². The zero-order chi connectivity index (χ0) is 16.4. The number of pyridine rings is 1. The second-order valence-corrected chi connectivity index (χ2v) is 4.91. The minimum Gasteiger partial charge on any atom is -0.493 e. The number of rotatable bonds is 4. The molecular weight excluding hydrogens is 297 g/mol. The lowest BCUT2D eigenvalue weighted by molar-refractivity contribution is 0.325.